The van der Waals surface area contributed by atoms with Crippen molar-refractivity contribution in [2.24, 2.45) is 5.10 Å². The van der Waals surface area contributed by atoms with Gasteiger partial charge in [0.25, 0.3) is 5.78 Å². The van der Waals surface area contributed by atoms with Crippen molar-refractivity contribution in [3.05, 3.63) is 24.2 Å². The molecule has 2 heterocycles. The summed E-state index contributed by atoms with van der Waals surface area (Å²) in [6.45, 7) is 2.13. The van der Waals surface area contributed by atoms with Crippen LogP contribution in [0.2, 0.25) is 0 Å². The van der Waals surface area contributed by atoms with Crippen molar-refractivity contribution < 1.29 is 14.0 Å². The number of likely N-dealkylation sites (N-methyl/N-ethyl adjacent to an activating group) is 1. The number of carbonyl (C=O) groups is 2. The number of rotatable bonds is 2. The first-order valence-corrected chi connectivity index (χ1v) is 4.22. The van der Waals surface area contributed by atoms with Crippen LogP contribution in [0.5, 0.6) is 0 Å². The molecule has 0 saturated heterocycles. The van der Waals surface area contributed by atoms with Gasteiger partial charge in [0.05, 0.1) is 6.26 Å². The maximum atomic E-state index is 11.4. The van der Waals surface area contributed by atoms with Gasteiger partial charge in [-0.3, -0.25) is 9.59 Å². The Morgan fingerprint density at radius 1 is 1.50 bits per heavy atom. The van der Waals surface area contributed by atoms with Crippen LogP contribution in [0.25, 0.3) is 0 Å². The van der Waals surface area contributed by atoms with Gasteiger partial charge < -0.3 is 4.42 Å². The Hall–Kier alpha value is -1.91. The Balaban J connectivity index is 2.38. The fourth-order valence-corrected chi connectivity index (χ4v) is 1.22. The number of furan rings is 1. The summed E-state index contributed by atoms with van der Waals surface area (Å²) in [7, 11) is 0. The summed E-state index contributed by atoms with van der Waals surface area (Å²) >= 11 is 0. The van der Waals surface area contributed by atoms with Crippen LogP contribution in [-0.2, 0) is 9.59 Å². The SMILES string of the molecule is CCN1N=C(c2ccco2)C(=O)C1=O. The van der Waals surface area contributed by atoms with Gasteiger partial charge in [-0.1, -0.05) is 0 Å². The summed E-state index contributed by atoms with van der Waals surface area (Å²) in [4.78, 5) is 22.7. The molecule has 14 heavy (non-hydrogen) atoms. The summed E-state index contributed by atoms with van der Waals surface area (Å²) in [5, 5.41) is 4.99. The van der Waals surface area contributed by atoms with Crippen molar-refractivity contribution in [1.82, 2.24) is 5.01 Å². The van der Waals surface area contributed by atoms with Gasteiger partial charge in [-0.2, -0.15) is 5.10 Å². The van der Waals surface area contributed by atoms with Gasteiger partial charge in [-0.25, -0.2) is 5.01 Å². The third-order valence-electron chi connectivity index (χ3n) is 1.92. The zero-order valence-electron chi connectivity index (χ0n) is 7.56. The molecule has 1 aliphatic heterocycles. The Labute approximate surface area is 80.0 Å². The van der Waals surface area contributed by atoms with Crippen molar-refractivity contribution in [2.45, 2.75) is 6.92 Å². The van der Waals surface area contributed by atoms with Crippen LogP contribution in [0.3, 0.4) is 0 Å². The van der Waals surface area contributed by atoms with Crippen molar-refractivity contribution >= 4 is 17.4 Å². The van der Waals surface area contributed by atoms with Crippen LogP contribution >= 0.6 is 0 Å². The van der Waals surface area contributed by atoms with E-state index in [2.05, 4.69) is 5.10 Å². The monoisotopic (exact) mass is 192 g/mol. The highest BCUT2D eigenvalue weighted by molar-refractivity contribution is 6.69. The van der Waals surface area contributed by atoms with Crippen molar-refractivity contribution in [3.63, 3.8) is 0 Å². The highest BCUT2D eigenvalue weighted by Crippen LogP contribution is 2.12. The molecular formula is C9H8N2O3. The first kappa shape index (κ1) is 8.68. The van der Waals surface area contributed by atoms with Crippen LogP contribution in [0.1, 0.15) is 12.7 Å². The smallest absolute Gasteiger partial charge is 0.316 e. The van der Waals surface area contributed by atoms with Crippen LogP contribution < -0.4 is 0 Å². The Kier molecular flexibility index (Phi) is 1.92. The van der Waals surface area contributed by atoms with Gasteiger partial charge in [0.2, 0.25) is 0 Å². The van der Waals surface area contributed by atoms with Crippen LogP contribution in [-0.4, -0.2) is 29.0 Å². The van der Waals surface area contributed by atoms with Crippen LogP contribution in [0, 0.1) is 0 Å². The molecule has 0 saturated carbocycles. The van der Waals surface area contributed by atoms with Gasteiger partial charge >= 0.3 is 5.91 Å². The largest absolute Gasteiger partial charge is 0.462 e. The molecule has 5 heteroatoms. The maximum Gasteiger partial charge on any atom is 0.316 e. The highest BCUT2D eigenvalue weighted by atomic mass is 16.3. The summed E-state index contributed by atoms with van der Waals surface area (Å²) in [6, 6.07) is 3.24. The fourth-order valence-electron chi connectivity index (χ4n) is 1.22. The molecule has 0 aliphatic carbocycles. The topological polar surface area (TPSA) is 62.9 Å². The second-order valence-corrected chi connectivity index (χ2v) is 2.78. The lowest BCUT2D eigenvalue weighted by Gasteiger charge is -2.03. The number of Topliss-reactive ketones (excluding diaryl/α,β-unsaturated/α-hetero) is 1. The fraction of sp³-hybridized carbons (Fsp3) is 0.222. The number of ketones is 1. The molecule has 0 aromatic carbocycles. The summed E-state index contributed by atoms with van der Waals surface area (Å²) in [5.74, 6) is -0.875. The second-order valence-electron chi connectivity index (χ2n) is 2.78. The van der Waals surface area contributed by atoms with Crippen molar-refractivity contribution in [1.29, 1.82) is 0 Å². The minimum atomic E-state index is -0.609. The summed E-state index contributed by atoms with van der Waals surface area (Å²) in [6.07, 6.45) is 1.43. The number of carbonyl (C=O) groups excluding carboxylic acids is 2. The van der Waals surface area contributed by atoms with Crippen LogP contribution in [0.4, 0.5) is 0 Å². The van der Waals surface area contributed by atoms with E-state index in [1.54, 1.807) is 19.1 Å². The Morgan fingerprint density at radius 2 is 2.29 bits per heavy atom. The lowest BCUT2D eigenvalue weighted by atomic mass is 10.2. The minimum Gasteiger partial charge on any atom is -0.462 e. The standard InChI is InChI=1S/C9H8N2O3/c1-2-11-9(13)8(12)7(10-11)6-4-3-5-14-6/h3-5H,2H2,1H3. The van der Waals surface area contributed by atoms with Crippen molar-refractivity contribution in [3.8, 4) is 0 Å². The third kappa shape index (κ3) is 1.14. The predicted octanol–water partition coefficient (Wildman–Crippen LogP) is 0.415. The van der Waals surface area contributed by atoms with Gasteiger partial charge in [-0.15, -0.1) is 0 Å². The molecule has 0 N–H and O–H groups in total. The minimum absolute atomic E-state index is 0.0850. The molecule has 0 radical (unpaired) electrons. The van der Waals surface area contributed by atoms with E-state index in [4.69, 9.17) is 4.42 Å². The molecule has 72 valence electrons. The van der Waals surface area contributed by atoms with Gasteiger partial charge in [0.1, 0.15) is 0 Å². The van der Waals surface area contributed by atoms with E-state index in [0.29, 0.717) is 12.3 Å². The number of hydrogen-bond donors (Lipinski definition) is 0. The predicted molar refractivity (Wildman–Crippen MR) is 47.6 cm³/mol. The van der Waals surface area contributed by atoms with E-state index in [1.165, 1.54) is 6.26 Å². The molecular weight excluding hydrogens is 184 g/mol. The zero-order valence-corrected chi connectivity index (χ0v) is 7.56. The lowest BCUT2D eigenvalue weighted by molar-refractivity contribution is -0.139. The molecule has 1 amide bonds. The van der Waals surface area contributed by atoms with E-state index in [9.17, 15) is 9.59 Å². The highest BCUT2D eigenvalue weighted by Gasteiger charge is 2.35. The number of nitrogens with zero attached hydrogens (tertiary/aromatic N) is 2. The zero-order chi connectivity index (χ0) is 10.1. The first-order chi connectivity index (χ1) is 6.74. The first-order valence-electron chi connectivity index (χ1n) is 4.22. The Bertz CT molecular complexity index is 406. The molecule has 0 atom stereocenters. The van der Waals surface area contributed by atoms with Gasteiger partial charge in [-0.05, 0) is 19.1 Å². The molecule has 0 fully saturated rings. The number of hydrogen-bond acceptors (Lipinski definition) is 4. The number of amides is 1. The summed E-state index contributed by atoms with van der Waals surface area (Å²) in [5.41, 5.74) is 0.0850. The maximum absolute atomic E-state index is 11.4. The average Bonchev–Trinajstić information content (AvgIpc) is 2.78. The molecule has 2 rings (SSSR count). The van der Waals surface area contributed by atoms with E-state index < -0.39 is 11.7 Å². The van der Waals surface area contributed by atoms with E-state index in [0.717, 1.165) is 5.01 Å². The van der Waals surface area contributed by atoms with E-state index in [-0.39, 0.29) is 5.71 Å². The normalized spacial score (nSPS) is 16.4. The van der Waals surface area contributed by atoms with E-state index in [1.807, 2.05) is 0 Å². The van der Waals surface area contributed by atoms with E-state index >= 15 is 0 Å². The van der Waals surface area contributed by atoms with Crippen LogP contribution in [0.15, 0.2) is 27.9 Å². The molecule has 5 nitrogen and oxygen atoms in total. The molecule has 0 spiro atoms. The molecule has 0 unspecified atom stereocenters. The quantitative estimate of drug-likeness (QED) is 0.638. The number of hydrazone groups is 1. The summed E-state index contributed by atoms with van der Waals surface area (Å²) < 4.78 is 5.00. The van der Waals surface area contributed by atoms with Gasteiger partial charge in [0.15, 0.2) is 11.5 Å². The second kappa shape index (κ2) is 3.10. The third-order valence-corrected chi connectivity index (χ3v) is 1.92. The average molecular weight is 192 g/mol. The molecule has 1 aromatic rings. The van der Waals surface area contributed by atoms with Crippen molar-refractivity contribution in [2.75, 3.05) is 6.54 Å². The molecule has 1 aromatic heterocycles. The lowest BCUT2D eigenvalue weighted by Crippen LogP contribution is -2.27. The Morgan fingerprint density at radius 3 is 2.79 bits per heavy atom. The molecule has 0 bridgehead atoms. The van der Waals surface area contributed by atoms with Gasteiger partial charge in [0, 0.05) is 6.54 Å². The molecule has 1 aliphatic rings.